The van der Waals surface area contributed by atoms with Gasteiger partial charge >= 0.3 is 0 Å². The second-order valence-corrected chi connectivity index (χ2v) is 7.60. The van der Waals surface area contributed by atoms with Crippen LogP contribution in [0, 0.1) is 0 Å². The van der Waals surface area contributed by atoms with Crippen molar-refractivity contribution in [1.29, 1.82) is 0 Å². The van der Waals surface area contributed by atoms with E-state index in [1.165, 1.54) is 10.4 Å². The molecular weight excluding hydrogens is 350 g/mol. The first-order valence-corrected chi connectivity index (χ1v) is 9.67. The first-order valence-electron chi connectivity index (χ1n) is 8.85. The zero-order valence-electron chi connectivity index (χ0n) is 14.9. The van der Waals surface area contributed by atoms with Crippen molar-refractivity contribution in [2.24, 2.45) is 0 Å². The Morgan fingerprint density at radius 1 is 1.38 bits per heavy atom. The standard InChI is InChI=1S/C19H25N3O3S/c1-3-8-22(10-13(23)12-25-9-4-2)11-16-20-18(24)17-14-6-5-7-15(14)26-19(17)21-16/h3-4,13,23H,1-2,5-12H2,(H,20,21,24). The van der Waals surface area contributed by atoms with Gasteiger partial charge < -0.3 is 14.8 Å². The number of hydrogen-bond acceptors (Lipinski definition) is 6. The lowest BCUT2D eigenvalue weighted by molar-refractivity contribution is 0.0265. The van der Waals surface area contributed by atoms with Gasteiger partial charge in [0, 0.05) is 18.0 Å². The minimum atomic E-state index is -0.629. The van der Waals surface area contributed by atoms with E-state index in [1.54, 1.807) is 23.5 Å². The van der Waals surface area contributed by atoms with Gasteiger partial charge in [0.05, 0.1) is 31.2 Å². The van der Waals surface area contributed by atoms with Crippen molar-refractivity contribution in [2.75, 3.05) is 26.3 Å². The van der Waals surface area contributed by atoms with E-state index < -0.39 is 6.10 Å². The van der Waals surface area contributed by atoms with Crippen molar-refractivity contribution >= 4 is 21.6 Å². The number of aromatic amines is 1. The third kappa shape index (κ3) is 4.29. The Hall–Kier alpha value is -1.80. The predicted octanol–water partition coefficient (Wildman–Crippen LogP) is 2.02. The fourth-order valence-electron chi connectivity index (χ4n) is 3.36. The highest BCUT2D eigenvalue weighted by Gasteiger charge is 2.21. The quantitative estimate of drug-likeness (QED) is 0.491. The number of aromatic nitrogens is 2. The van der Waals surface area contributed by atoms with Crippen LogP contribution in [0.15, 0.2) is 30.1 Å². The largest absolute Gasteiger partial charge is 0.389 e. The predicted molar refractivity (Wildman–Crippen MR) is 105 cm³/mol. The number of aryl methyl sites for hydroxylation is 2. The number of thiophene rings is 1. The average molecular weight is 375 g/mol. The molecule has 2 heterocycles. The zero-order chi connectivity index (χ0) is 18.5. The van der Waals surface area contributed by atoms with E-state index in [-0.39, 0.29) is 12.2 Å². The molecule has 1 aliphatic carbocycles. The van der Waals surface area contributed by atoms with Crippen LogP contribution in [0.1, 0.15) is 22.7 Å². The molecule has 140 valence electrons. The molecule has 0 bridgehead atoms. The van der Waals surface area contributed by atoms with Gasteiger partial charge in [-0.3, -0.25) is 9.69 Å². The number of aliphatic hydroxyl groups is 1. The van der Waals surface area contributed by atoms with Gasteiger partial charge in [0.2, 0.25) is 0 Å². The first kappa shape index (κ1) is 19.0. The third-order valence-corrected chi connectivity index (χ3v) is 5.59. The summed E-state index contributed by atoms with van der Waals surface area (Å²) >= 11 is 1.63. The maximum absolute atomic E-state index is 12.6. The molecule has 0 aliphatic heterocycles. The topological polar surface area (TPSA) is 78.5 Å². The summed E-state index contributed by atoms with van der Waals surface area (Å²) < 4.78 is 5.29. The van der Waals surface area contributed by atoms with E-state index in [0.717, 1.165) is 29.5 Å². The van der Waals surface area contributed by atoms with Gasteiger partial charge in [-0.2, -0.15) is 0 Å². The normalized spacial score (nSPS) is 14.7. The Kier molecular flexibility index (Phi) is 6.37. The maximum Gasteiger partial charge on any atom is 0.259 e. The van der Waals surface area contributed by atoms with Crippen LogP contribution in [0.4, 0.5) is 0 Å². The summed E-state index contributed by atoms with van der Waals surface area (Å²) in [5.74, 6) is 0.614. The van der Waals surface area contributed by atoms with Crippen molar-refractivity contribution in [3.63, 3.8) is 0 Å². The fraction of sp³-hybridized carbons (Fsp3) is 0.474. The van der Waals surface area contributed by atoms with Gasteiger partial charge in [-0.15, -0.1) is 24.5 Å². The zero-order valence-corrected chi connectivity index (χ0v) is 15.7. The van der Waals surface area contributed by atoms with Crippen LogP contribution in [0.25, 0.3) is 10.2 Å². The van der Waals surface area contributed by atoms with Crippen LogP contribution in [-0.2, 0) is 24.1 Å². The Morgan fingerprint density at radius 2 is 2.23 bits per heavy atom. The molecule has 7 heteroatoms. The summed E-state index contributed by atoms with van der Waals surface area (Å²) in [5, 5.41) is 10.9. The molecule has 3 rings (SSSR count). The van der Waals surface area contributed by atoms with E-state index >= 15 is 0 Å². The molecule has 0 saturated carbocycles. The van der Waals surface area contributed by atoms with Crippen LogP contribution in [0.3, 0.4) is 0 Å². The van der Waals surface area contributed by atoms with Gasteiger partial charge in [-0.05, 0) is 24.8 Å². The number of nitrogens with zero attached hydrogens (tertiary/aromatic N) is 2. The van der Waals surface area contributed by atoms with E-state index in [9.17, 15) is 9.90 Å². The lowest BCUT2D eigenvalue weighted by Crippen LogP contribution is -2.35. The van der Waals surface area contributed by atoms with Crippen molar-refractivity contribution in [1.82, 2.24) is 14.9 Å². The summed E-state index contributed by atoms with van der Waals surface area (Å²) in [5.41, 5.74) is 1.13. The van der Waals surface area contributed by atoms with Crippen LogP contribution in [-0.4, -0.2) is 52.4 Å². The number of hydrogen-bond donors (Lipinski definition) is 2. The number of aliphatic hydroxyl groups excluding tert-OH is 1. The van der Waals surface area contributed by atoms with Gasteiger partial charge in [-0.1, -0.05) is 12.2 Å². The highest BCUT2D eigenvalue weighted by Crippen LogP contribution is 2.34. The number of ether oxygens (including phenoxy) is 1. The molecule has 2 N–H and O–H groups in total. The van der Waals surface area contributed by atoms with Crippen LogP contribution >= 0.6 is 11.3 Å². The van der Waals surface area contributed by atoms with Crippen LogP contribution in [0.5, 0.6) is 0 Å². The monoisotopic (exact) mass is 375 g/mol. The Bertz CT molecular complexity index is 842. The number of H-pyrrole nitrogens is 1. The Balaban J connectivity index is 1.73. The molecule has 0 radical (unpaired) electrons. The molecule has 1 unspecified atom stereocenters. The molecule has 1 aliphatic rings. The molecule has 0 amide bonds. The molecule has 1 atom stereocenters. The van der Waals surface area contributed by atoms with Gasteiger partial charge in [-0.25, -0.2) is 4.98 Å². The van der Waals surface area contributed by atoms with Crippen molar-refractivity contribution < 1.29 is 9.84 Å². The Labute approximate surface area is 156 Å². The van der Waals surface area contributed by atoms with Crippen LogP contribution in [0.2, 0.25) is 0 Å². The summed E-state index contributed by atoms with van der Waals surface area (Å²) in [6.07, 6.45) is 5.93. The number of nitrogens with one attached hydrogen (secondary N) is 1. The van der Waals surface area contributed by atoms with Gasteiger partial charge in [0.25, 0.3) is 5.56 Å². The van der Waals surface area contributed by atoms with E-state index in [0.29, 0.717) is 32.1 Å². The Morgan fingerprint density at radius 3 is 3.00 bits per heavy atom. The highest BCUT2D eigenvalue weighted by molar-refractivity contribution is 7.18. The van der Waals surface area contributed by atoms with Gasteiger partial charge in [0.1, 0.15) is 10.7 Å². The van der Waals surface area contributed by atoms with E-state index in [4.69, 9.17) is 4.74 Å². The molecule has 2 aromatic heterocycles. The molecule has 0 saturated heterocycles. The fourth-order valence-corrected chi connectivity index (χ4v) is 4.64. The lowest BCUT2D eigenvalue weighted by Gasteiger charge is -2.23. The van der Waals surface area contributed by atoms with E-state index in [2.05, 4.69) is 23.1 Å². The van der Waals surface area contributed by atoms with Crippen molar-refractivity contribution in [3.8, 4) is 0 Å². The second-order valence-electron chi connectivity index (χ2n) is 6.51. The molecule has 0 spiro atoms. The maximum atomic E-state index is 12.6. The van der Waals surface area contributed by atoms with Crippen LogP contribution < -0.4 is 5.56 Å². The molecule has 0 aromatic carbocycles. The molecular formula is C19H25N3O3S. The molecule has 0 fully saturated rings. The summed E-state index contributed by atoms with van der Waals surface area (Å²) in [6.45, 7) is 9.43. The lowest BCUT2D eigenvalue weighted by atomic mass is 10.2. The molecule has 2 aromatic rings. The minimum Gasteiger partial charge on any atom is -0.389 e. The number of fused-ring (bicyclic) bond motifs is 3. The molecule has 6 nitrogen and oxygen atoms in total. The summed E-state index contributed by atoms with van der Waals surface area (Å²) in [7, 11) is 0. The van der Waals surface area contributed by atoms with Crippen molar-refractivity contribution in [2.45, 2.75) is 31.9 Å². The smallest absolute Gasteiger partial charge is 0.259 e. The average Bonchev–Trinajstić information content (AvgIpc) is 3.15. The number of rotatable bonds is 10. The van der Waals surface area contributed by atoms with E-state index in [1.807, 2.05) is 4.90 Å². The SMILES string of the molecule is C=CCOCC(O)CN(CC=C)Cc1nc2sc3c(c2c(=O)[nH]1)CCC3. The molecule has 26 heavy (non-hydrogen) atoms. The highest BCUT2D eigenvalue weighted by atomic mass is 32.1. The summed E-state index contributed by atoms with van der Waals surface area (Å²) in [6, 6.07) is 0. The first-order chi connectivity index (χ1) is 12.6. The second kappa shape index (κ2) is 8.73. The summed E-state index contributed by atoms with van der Waals surface area (Å²) in [4.78, 5) is 24.2. The van der Waals surface area contributed by atoms with Crippen molar-refractivity contribution in [3.05, 3.63) is 51.9 Å². The third-order valence-electron chi connectivity index (χ3n) is 4.40. The van der Waals surface area contributed by atoms with Gasteiger partial charge in [0.15, 0.2) is 0 Å². The minimum absolute atomic E-state index is 0.0576.